The third kappa shape index (κ3) is 3.67. The van der Waals surface area contributed by atoms with Crippen LogP contribution in [0.1, 0.15) is 35.3 Å². The summed E-state index contributed by atoms with van der Waals surface area (Å²) in [5.74, 6) is -0.232. The second-order valence-corrected chi connectivity index (χ2v) is 7.08. The smallest absolute Gasteiger partial charge is 0.293 e. The van der Waals surface area contributed by atoms with Gasteiger partial charge in [-0.3, -0.25) is 9.59 Å². The number of benzene rings is 2. The van der Waals surface area contributed by atoms with Gasteiger partial charge in [-0.05, 0) is 36.0 Å². The van der Waals surface area contributed by atoms with E-state index in [0.717, 1.165) is 17.7 Å². The summed E-state index contributed by atoms with van der Waals surface area (Å²) in [6.45, 7) is 2.17. The molecule has 27 heavy (non-hydrogen) atoms. The summed E-state index contributed by atoms with van der Waals surface area (Å²) in [6, 6.07) is 19.2. The van der Waals surface area contributed by atoms with Crippen LogP contribution in [0.25, 0.3) is 5.69 Å². The Balaban J connectivity index is 1.50. The van der Waals surface area contributed by atoms with Gasteiger partial charge in [0, 0.05) is 6.20 Å². The highest BCUT2D eigenvalue weighted by Crippen LogP contribution is 2.46. The van der Waals surface area contributed by atoms with Gasteiger partial charge in [0.2, 0.25) is 0 Å². The Kier molecular flexibility index (Phi) is 4.59. The number of Topliss-reactive ketones (excluding diaryl/α,β-unsaturated/α-hetero) is 1. The number of rotatable bonds is 6. The van der Waals surface area contributed by atoms with Crippen LogP contribution in [-0.4, -0.2) is 21.5 Å². The predicted octanol–water partition coefficient (Wildman–Crippen LogP) is 3.57. The zero-order valence-corrected chi connectivity index (χ0v) is 15.1. The Morgan fingerprint density at radius 3 is 2.33 bits per heavy atom. The van der Waals surface area contributed by atoms with Gasteiger partial charge in [0.15, 0.2) is 0 Å². The van der Waals surface area contributed by atoms with Crippen molar-refractivity contribution in [3.63, 3.8) is 0 Å². The van der Waals surface area contributed by atoms with Crippen molar-refractivity contribution in [2.45, 2.75) is 19.4 Å². The topological polar surface area (TPSA) is 64.0 Å². The number of amides is 1. The number of aromatic nitrogens is 2. The van der Waals surface area contributed by atoms with Gasteiger partial charge in [-0.1, -0.05) is 55.5 Å². The minimum atomic E-state index is -0.587. The van der Waals surface area contributed by atoms with Gasteiger partial charge in [-0.2, -0.15) is 5.10 Å². The van der Waals surface area contributed by atoms with Crippen LogP contribution in [0.2, 0.25) is 0 Å². The number of carbonyl (C=O) groups excluding carboxylic acids is 2. The van der Waals surface area contributed by atoms with Crippen molar-refractivity contribution in [3.8, 4) is 5.69 Å². The van der Waals surface area contributed by atoms with Gasteiger partial charge in [0.05, 0.1) is 23.5 Å². The molecule has 3 aromatic rings. The van der Waals surface area contributed by atoms with Crippen LogP contribution in [0.4, 0.5) is 0 Å². The van der Waals surface area contributed by atoms with Crippen molar-refractivity contribution in [3.05, 3.63) is 84.2 Å². The third-order valence-corrected chi connectivity index (χ3v) is 5.12. The molecule has 0 bridgehead atoms. The highest BCUT2D eigenvalue weighted by atomic mass is 16.2. The molecule has 1 aromatic heterocycles. The fourth-order valence-electron chi connectivity index (χ4n) is 3.41. The highest BCUT2D eigenvalue weighted by molar-refractivity contribution is 6.42. The molecular weight excluding hydrogens is 338 g/mol. The molecule has 4 rings (SSSR count). The Morgan fingerprint density at radius 1 is 1.07 bits per heavy atom. The van der Waals surface area contributed by atoms with Crippen molar-refractivity contribution in [1.29, 1.82) is 0 Å². The monoisotopic (exact) mass is 359 g/mol. The maximum Gasteiger partial charge on any atom is 0.293 e. The number of ketones is 1. The third-order valence-electron chi connectivity index (χ3n) is 5.12. The molecule has 5 heteroatoms. The number of hydrogen-bond donors (Lipinski definition) is 1. The molecule has 0 aliphatic heterocycles. The Bertz CT molecular complexity index is 950. The first-order valence-corrected chi connectivity index (χ1v) is 9.13. The van der Waals surface area contributed by atoms with E-state index in [-0.39, 0.29) is 11.6 Å². The molecule has 1 saturated carbocycles. The number of carbonyl (C=O) groups is 2. The van der Waals surface area contributed by atoms with Crippen LogP contribution < -0.4 is 5.32 Å². The maximum atomic E-state index is 12.6. The average Bonchev–Trinajstić information content (AvgIpc) is 3.23. The molecule has 1 amide bonds. The van der Waals surface area contributed by atoms with Crippen molar-refractivity contribution in [1.82, 2.24) is 15.1 Å². The summed E-state index contributed by atoms with van der Waals surface area (Å²) < 4.78 is 1.60. The summed E-state index contributed by atoms with van der Waals surface area (Å²) in [6.07, 6.45) is 4.08. The summed E-state index contributed by atoms with van der Waals surface area (Å²) in [5, 5.41) is 7.15. The molecule has 1 heterocycles. The lowest BCUT2D eigenvalue weighted by molar-refractivity contribution is -0.117. The van der Waals surface area contributed by atoms with E-state index in [1.54, 1.807) is 10.9 Å². The van der Waals surface area contributed by atoms with Gasteiger partial charge < -0.3 is 5.32 Å². The summed E-state index contributed by atoms with van der Waals surface area (Å²) >= 11 is 0. The van der Waals surface area contributed by atoms with Crippen molar-refractivity contribution < 1.29 is 9.59 Å². The molecule has 0 radical (unpaired) electrons. The Morgan fingerprint density at radius 2 is 1.70 bits per heavy atom. The Labute approximate surface area is 158 Å². The van der Waals surface area contributed by atoms with E-state index in [9.17, 15) is 9.59 Å². The standard InChI is InChI=1S/C22H21N3O2/c1-15-12-19(15)20(16-8-4-2-5-9-16)24-22(27)21(26)17-13-23-25(14-17)18-10-6-3-7-11-18/h2-11,13-15,19-20H,12H2,1H3,(H,24,27). The van der Waals surface area contributed by atoms with Crippen LogP contribution in [0, 0.1) is 11.8 Å². The van der Waals surface area contributed by atoms with Crippen LogP contribution in [0.3, 0.4) is 0 Å². The zero-order valence-electron chi connectivity index (χ0n) is 15.1. The number of nitrogens with zero attached hydrogens (tertiary/aromatic N) is 2. The van der Waals surface area contributed by atoms with E-state index in [2.05, 4.69) is 17.3 Å². The molecule has 1 N–H and O–H groups in total. The maximum absolute atomic E-state index is 12.6. The molecule has 2 aromatic carbocycles. The first-order valence-electron chi connectivity index (χ1n) is 9.13. The lowest BCUT2D eigenvalue weighted by Crippen LogP contribution is -2.35. The van der Waals surface area contributed by atoms with Gasteiger partial charge in [0.1, 0.15) is 0 Å². The van der Waals surface area contributed by atoms with Crippen LogP contribution in [0.15, 0.2) is 73.1 Å². The molecule has 3 unspecified atom stereocenters. The van der Waals surface area contributed by atoms with E-state index in [1.165, 1.54) is 6.20 Å². The van der Waals surface area contributed by atoms with E-state index < -0.39 is 11.7 Å². The van der Waals surface area contributed by atoms with Crippen LogP contribution in [0.5, 0.6) is 0 Å². The quantitative estimate of drug-likeness (QED) is 0.541. The molecule has 3 atom stereocenters. The summed E-state index contributed by atoms with van der Waals surface area (Å²) in [4.78, 5) is 25.2. The first-order chi connectivity index (χ1) is 13.1. The average molecular weight is 359 g/mol. The van der Waals surface area contributed by atoms with E-state index in [1.807, 2.05) is 60.7 Å². The largest absolute Gasteiger partial charge is 0.342 e. The molecule has 1 aliphatic carbocycles. The SMILES string of the molecule is CC1CC1C(NC(=O)C(=O)c1cnn(-c2ccccc2)c1)c1ccccc1. The molecule has 5 nitrogen and oxygen atoms in total. The van der Waals surface area contributed by atoms with Gasteiger partial charge in [-0.25, -0.2) is 4.68 Å². The second kappa shape index (κ2) is 7.19. The normalized spacial score (nSPS) is 19.3. The summed E-state index contributed by atoms with van der Waals surface area (Å²) in [7, 11) is 0. The molecule has 136 valence electrons. The molecule has 0 saturated heterocycles. The minimum Gasteiger partial charge on any atom is -0.342 e. The predicted molar refractivity (Wildman–Crippen MR) is 102 cm³/mol. The van der Waals surface area contributed by atoms with Crippen molar-refractivity contribution in [2.75, 3.05) is 0 Å². The van der Waals surface area contributed by atoms with Crippen LogP contribution in [-0.2, 0) is 4.79 Å². The number of hydrogen-bond acceptors (Lipinski definition) is 3. The van der Waals surface area contributed by atoms with E-state index >= 15 is 0 Å². The summed E-state index contributed by atoms with van der Waals surface area (Å²) in [5.41, 5.74) is 2.16. The van der Waals surface area contributed by atoms with E-state index in [4.69, 9.17) is 0 Å². The fourth-order valence-corrected chi connectivity index (χ4v) is 3.41. The second-order valence-electron chi connectivity index (χ2n) is 7.08. The van der Waals surface area contributed by atoms with Crippen molar-refractivity contribution >= 4 is 11.7 Å². The first kappa shape index (κ1) is 17.2. The van der Waals surface area contributed by atoms with Crippen LogP contribution >= 0.6 is 0 Å². The zero-order chi connectivity index (χ0) is 18.8. The minimum absolute atomic E-state index is 0.137. The molecule has 0 spiro atoms. The highest BCUT2D eigenvalue weighted by Gasteiger charge is 2.41. The van der Waals surface area contributed by atoms with Gasteiger partial charge in [-0.15, -0.1) is 0 Å². The molecule has 1 aliphatic rings. The fraction of sp³-hybridized carbons (Fsp3) is 0.227. The molecule has 1 fully saturated rings. The van der Waals surface area contributed by atoms with Gasteiger partial charge >= 0.3 is 0 Å². The lowest BCUT2D eigenvalue weighted by atomic mass is 10.0. The van der Waals surface area contributed by atoms with E-state index in [0.29, 0.717) is 11.8 Å². The number of para-hydroxylation sites is 1. The van der Waals surface area contributed by atoms with Gasteiger partial charge in [0.25, 0.3) is 11.7 Å². The lowest BCUT2D eigenvalue weighted by Gasteiger charge is -2.18. The molecular formula is C22H21N3O2. The van der Waals surface area contributed by atoms with Crippen molar-refractivity contribution in [2.24, 2.45) is 11.8 Å². The number of nitrogens with one attached hydrogen (secondary N) is 1. The Hall–Kier alpha value is -3.21.